The molecule has 4 aliphatic rings. The van der Waals surface area contributed by atoms with Crippen molar-refractivity contribution in [1.29, 1.82) is 0 Å². The highest BCUT2D eigenvalue weighted by atomic mass is 14.4. The smallest absolute Gasteiger partial charge is 0.0159 e. The van der Waals surface area contributed by atoms with Crippen LogP contribution >= 0.6 is 0 Å². The number of fused-ring (bicyclic) bond motifs is 4. The number of rotatable bonds is 3. The molecule has 6 aromatic rings. The van der Waals surface area contributed by atoms with Crippen LogP contribution in [0.25, 0.3) is 73.0 Å². The summed E-state index contributed by atoms with van der Waals surface area (Å²) >= 11 is 0. The summed E-state index contributed by atoms with van der Waals surface area (Å²) in [4.78, 5) is 0. The van der Waals surface area contributed by atoms with Gasteiger partial charge in [0.25, 0.3) is 0 Å². The standard InChI is InChI=1S/C47H36/c1-47(2)43-27-34(33-12-6-13-35(26-33)38-15-7-9-29-8-3-4-14-37(29)38)20-23-40(43)41-24-21-36(28-44(41)47)39-22-18-32-17-16-30-10-5-11-31-19-25-42(39)46(32)45(30)31/h4-7,9,11-16,18-28H,3,8,10,17H2,1-2H3. The van der Waals surface area contributed by atoms with Crippen LogP contribution in [0.5, 0.6) is 0 Å². The van der Waals surface area contributed by atoms with E-state index in [-0.39, 0.29) is 5.41 Å². The Labute approximate surface area is 277 Å². The second-order valence-corrected chi connectivity index (χ2v) is 14.3. The molecule has 0 atom stereocenters. The van der Waals surface area contributed by atoms with Gasteiger partial charge in [-0.25, -0.2) is 0 Å². The van der Waals surface area contributed by atoms with Gasteiger partial charge in [0.05, 0.1) is 0 Å². The van der Waals surface area contributed by atoms with Gasteiger partial charge in [-0.3, -0.25) is 0 Å². The lowest BCUT2D eigenvalue weighted by Gasteiger charge is -2.25. The largest absolute Gasteiger partial charge is 0.0836 e. The van der Waals surface area contributed by atoms with Gasteiger partial charge in [0.2, 0.25) is 0 Å². The topological polar surface area (TPSA) is 0 Å². The van der Waals surface area contributed by atoms with Gasteiger partial charge in [0.15, 0.2) is 0 Å². The third-order valence-corrected chi connectivity index (χ3v) is 11.4. The quantitative estimate of drug-likeness (QED) is 0.190. The van der Waals surface area contributed by atoms with Crippen LogP contribution < -0.4 is 0 Å². The number of benzene rings is 6. The van der Waals surface area contributed by atoms with E-state index in [0.29, 0.717) is 0 Å². The summed E-state index contributed by atoms with van der Waals surface area (Å²) in [6.07, 6.45) is 16.0. The van der Waals surface area contributed by atoms with Crippen molar-refractivity contribution in [3.05, 3.63) is 160 Å². The zero-order chi connectivity index (χ0) is 31.3. The van der Waals surface area contributed by atoms with Gasteiger partial charge in [-0.15, -0.1) is 0 Å². The molecule has 0 saturated heterocycles. The molecule has 0 bridgehead atoms. The minimum absolute atomic E-state index is 0.0986. The lowest BCUT2D eigenvalue weighted by atomic mass is 9.78. The molecule has 0 nitrogen and oxygen atoms in total. The van der Waals surface area contributed by atoms with Crippen LogP contribution in [0, 0.1) is 0 Å². The lowest BCUT2D eigenvalue weighted by Crippen LogP contribution is -2.15. The Morgan fingerprint density at radius 1 is 0.553 bits per heavy atom. The Hall–Kier alpha value is -5.20. The lowest BCUT2D eigenvalue weighted by molar-refractivity contribution is 0.661. The van der Waals surface area contributed by atoms with E-state index in [2.05, 4.69) is 147 Å². The Bertz CT molecular complexity index is 2420. The van der Waals surface area contributed by atoms with Gasteiger partial charge < -0.3 is 0 Å². The third kappa shape index (κ3) is 3.94. The number of aryl methyl sites for hydroxylation is 1. The van der Waals surface area contributed by atoms with E-state index in [4.69, 9.17) is 0 Å². The van der Waals surface area contributed by atoms with Crippen molar-refractivity contribution in [3.63, 3.8) is 0 Å². The van der Waals surface area contributed by atoms with E-state index in [0.717, 1.165) is 25.7 Å². The Morgan fingerprint density at radius 3 is 2.19 bits per heavy atom. The van der Waals surface area contributed by atoms with Crippen LogP contribution in [0.4, 0.5) is 0 Å². The van der Waals surface area contributed by atoms with Crippen molar-refractivity contribution in [3.8, 4) is 44.5 Å². The van der Waals surface area contributed by atoms with Gasteiger partial charge in [-0.1, -0.05) is 129 Å². The van der Waals surface area contributed by atoms with Gasteiger partial charge in [0, 0.05) is 5.41 Å². The monoisotopic (exact) mass is 600 g/mol. The molecule has 0 amide bonds. The molecule has 0 aliphatic heterocycles. The zero-order valence-corrected chi connectivity index (χ0v) is 27.0. The third-order valence-electron chi connectivity index (χ3n) is 11.4. The Balaban J connectivity index is 1.05. The highest BCUT2D eigenvalue weighted by molar-refractivity contribution is 6.08. The van der Waals surface area contributed by atoms with Crippen LogP contribution in [0.1, 0.15) is 65.6 Å². The van der Waals surface area contributed by atoms with Crippen molar-refractivity contribution >= 4 is 28.5 Å². The first kappa shape index (κ1) is 27.0. The van der Waals surface area contributed by atoms with E-state index < -0.39 is 0 Å². The summed E-state index contributed by atoms with van der Waals surface area (Å²) in [7, 11) is 0. The predicted octanol–water partition coefficient (Wildman–Crippen LogP) is 12.5. The molecule has 224 valence electrons. The summed E-state index contributed by atoms with van der Waals surface area (Å²) in [5.41, 5.74) is 21.9. The van der Waals surface area contributed by atoms with E-state index in [9.17, 15) is 0 Å². The summed E-state index contributed by atoms with van der Waals surface area (Å²) in [6, 6.07) is 39.7. The molecule has 6 aromatic carbocycles. The zero-order valence-electron chi connectivity index (χ0n) is 27.0. The highest BCUT2D eigenvalue weighted by Gasteiger charge is 2.36. The maximum Gasteiger partial charge on any atom is 0.0159 e. The number of hydrogen-bond donors (Lipinski definition) is 0. The first-order valence-electron chi connectivity index (χ1n) is 17.2. The first-order valence-corrected chi connectivity index (χ1v) is 17.2. The molecule has 4 aliphatic carbocycles. The molecule has 47 heavy (non-hydrogen) atoms. The maximum absolute atomic E-state index is 2.48. The molecule has 0 unspecified atom stereocenters. The SMILES string of the molecule is CC1(C)c2cc(-c3cccc(-c4cccc5c4C=CCC5)c3)ccc2-c2ccc(-c3ccc4c5c6c(ccc35)C=CCC6=CC4)cc21. The average molecular weight is 601 g/mol. The summed E-state index contributed by atoms with van der Waals surface area (Å²) < 4.78 is 0. The van der Waals surface area contributed by atoms with E-state index in [1.165, 1.54) is 99.8 Å². The van der Waals surface area contributed by atoms with Crippen LogP contribution in [0.15, 0.2) is 121 Å². The highest BCUT2D eigenvalue weighted by Crippen LogP contribution is 2.51. The fraction of sp³-hybridized carbons (Fsp3) is 0.149. The second-order valence-electron chi connectivity index (χ2n) is 14.3. The van der Waals surface area contributed by atoms with Crippen LogP contribution in [-0.4, -0.2) is 0 Å². The molecule has 0 aromatic heterocycles. The van der Waals surface area contributed by atoms with E-state index in [1.807, 2.05) is 0 Å². The molecule has 10 rings (SSSR count). The van der Waals surface area contributed by atoms with Gasteiger partial charge in [-0.05, 0) is 144 Å². The van der Waals surface area contributed by atoms with Crippen molar-refractivity contribution in [2.75, 3.05) is 0 Å². The van der Waals surface area contributed by atoms with Gasteiger partial charge >= 0.3 is 0 Å². The molecule has 0 radical (unpaired) electrons. The molecule has 0 heterocycles. The molecule has 0 spiro atoms. The Morgan fingerprint density at radius 2 is 1.30 bits per heavy atom. The van der Waals surface area contributed by atoms with Crippen LogP contribution in [0.3, 0.4) is 0 Å². The summed E-state index contributed by atoms with van der Waals surface area (Å²) in [5, 5.41) is 2.84. The van der Waals surface area contributed by atoms with Crippen molar-refractivity contribution in [2.45, 2.75) is 44.9 Å². The first-order chi connectivity index (χ1) is 23.0. The fourth-order valence-corrected chi connectivity index (χ4v) is 8.94. The van der Waals surface area contributed by atoms with Crippen LogP contribution in [-0.2, 0) is 18.3 Å². The maximum atomic E-state index is 2.48. The summed E-state index contributed by atoms with van der Waals surface area (Å²) in [5.74, 6) is 0. The number of allylic oxidation sites excluding steroid dienone is 4. The van der Waals surface area contributed by atoms with Crippen molar-refractivity contribution in [1.82, 2.24) is 0 Å². The molecular formula is C47H36. The Kier molecular flexibility index (Phi) is 5.68. The van der Waals surface area contributed by atoms with E-state index >= 15 is 0 Å². The molecule has 0 saturated carbocycles. The molecule has 0 N–H and O–H groups in total. The normalized spacial score (nSPS) is 16.1. The molecular weight excluding hydrogens is 565 g/mol. The van der Waals surface area contributed by atoms with Crippen LogP contribution in [0.2, 0.25) is 0 Å². The predicted molar refractivity (Wildman–Crippen MR) is 201 cm³/mol. The molecule has 0 fully saturated rings. The van der Waals surface area contributed by atoms with E-state index in [1.54, 1.807) is 0 Å². The number of hydrogen-bond acceptors (Lipinski definition) is 0. The van der Waals surface area contributed by atoms with Gasteiger partial charge in [-0.2, -0.15) is 0 Å². The second kappa shape index (κ2) is 9.90. The van der Waals surface area contributed by atoms with Gasteiger partial charge in [0.1, 0.15) is 0 Å². The van der Waals surface area contributed by atoms with Crippen molar-refractivity contribution < 1.29 is 0 Å². The average Bonchev–Trinajstić information content (AvgIpc) is 3.35. The minimum Gasteiger partial charge on any atom is -0.0836 e. The summed E-state index contributed by atoms with van der Waals surface area (Å²) in [6.45, 7) is 4.81. The fourth-order valence-electron chi connectivity index (χ4n) is 8.94. The van der Waals surface area contributed by atoms with Crippen molar-refractivity contribution in [2.24, 2.45) is 0 Å². The molecule has 0 heteroatoms. The minimum atomic E-state index is -0.0986.